The fraction of sp³-hybridized carbons (Fsp3) is 0.0476. The van der Waals surface area contributed by atoms with Gasteiger partial charge in [0.25, 0.3) is 5.91 Å². The molecule has 30 heavy (non-hydrogen) atoms. The van der Waals surface area contributed by atoms with Crippen molar-refractivity contribution in [3.05, 3.63) is 92.7 Å². The number of esters is 1. The van der Waals surface area contributed by atoms with E-state index >= 15 is 0 Å². The average molecular weight is 464 g/mol. The van der Waals surface area contributed by atoms with Gasteiger partial charge < -0.3 is 10.1 Å². The first kappa shape index (κ1) is 21.8. The van der Waals surface area contributed by atoms with Crippen molar-refractivity contribution >= 4 is 58.1 Å². The fourth-order valence-corrected chi connectivity index (χ4v) is 3.06. The van der Waals surface area contributed by atoms with Crippen molar-refractivity contribution in [1.29, 1.82) is 0 Å². The van der Waals surface area contributed by atoms with E-state index in [2.05, 4.69) is 10.3 Å². The molecule has 3 rings (SSSR count). The third-order valence-corrected chi connectivity index (χ3v) is 5.17. The molecular formula is C21H13Cl3N2O4. The highest BCUT2D eigenvalue weighted by molar-refractivity contribution is 6.48. The lowest BCUT2D eigenvalue weighted by molar-refractivity contribution is -0.119. The maximum Gasteiger partial charge on any atom is 0.359 e. The molecule has 1 amide bonds. The van der Waals surface area contributed by atoms with Gasteiger partial charge in [-0.1, -0.05) is 77.3 Å². The van der Waals surface area contributed by atoms with E-state index in [4.69, 9.17) is 39.5 Å². The highest BCUT2D eigenvalue weighted by atomic mass is 35.5. The smallest absolute Gasteiger partial charge is 0.359 e. The Labute approximate surface area is 186 Å². The number of rotatable bonds is 6. The van der Waals surface area contributed by atoms with E-state index in [0.717, 1.165) is 6.20 Å². The van der Waals surface area contributed by atoms with Gasteiger partial charge in [0.1, 0.15) is 0 Å². The van der Waals surface area contributed by atoms with Crippen LogP contribution in [0.1, 0.15) is 26.4 Å². The van der Waals surface area contributed by atoms with Crippen molar-refractivity contribution < 1.29 is 19.1 Å². The molecule has 2 aromatic carbocycles. The van der Waals surface area contributed by atoms with Gasteiger partial charge in [-0.3, -0.25) is 9.59 Å². The number of ether oxygens (including phenoxy) is 1. The standard InChI is InChI=1S/C21H13Cl3N2O4/c22-14-10-25-19(18(24)17(14)23)21(29)30-11-16(27)26-15-9-5-4-8-13(15)20(28)12-6-2-1-3-7-12/h1-10H,11H2,(H,26,27). The molecule has 1 N–H and O–H groups in total. The Hall–Kier alpha value is -2.93. The minimum absolute atomic E-state index is 0.0434. The highest BCUT2D eigenvalue weighted by Crippen LogP contribution is 2.31. The second-order valence-electron chi connectivity index (χ2n) is 5.95. The first-order chi connectivity index (χ1) is 14.4. The molecule has 0 saturated carbocycles. The van der Waals surface area contributed by atoms with Gasteiger partial charge in [0, 0.05) is 17.3 Å². The third-order valence-electron chi connectivity index (χ3n) is 3.93. The van der Waals surface area contributed by atoms with Crippen LogP contribution >= 0.6 is 34.8 Å². The van der Waals surface area contributed by atoms with Gasteiger partial charge in [0.05, 0.1) is 20.8 Å². The molecule has 6 nitrogen and oxygen atoms in total. The molecule has 0 radical (unpaired) electrons. The van der Waals surface area contributed by atoms with Crippen molar-refractivity contribution in [2.45, 2.75) is 0 Å². The number of para-hydroxylation sites is 1. The summed E-state index contributed by atoms with van der Waals surface area (Å²) >= 11 is 17.6. The van der Waals surface area contributed by atoms with Crippen molar-refractivity contribution in [1.82, 2.24) is 4.98 Å². The minimum Gasteiger partial charge on any atom is -0.451 e. The molecule has 1 heterocycles. The summed E-state index contributed by atoms with van der Waals surface area (Å²) in [5, 5.41) is 2.43. The number of ketones is 1. The van der Waals surface area contributed by atoms with Crippen LogP contribution in [-0.4, -0.2) is 29.3 Å². The zero-order valence-corrected chi connectivity index (χ0v) is 17.5. The Balaban J connectivity index is 1.68. The molecule has 0 saturated heterocycles. The van der Waals surface area contributed by atoms with Gasteiger partial charge in [-0.15, -0.1) is 0 Å². The number of hydrogen-bond donors (Lipinski definition) is 1. The van der Waals surface area contributed by atoms with Gasteiger partial charge in [-0.2, -0.15) is 0 Å². The van der Waals surface area contributed by atoms with Gasteiger partial charge in [-0.25, -0.2) is 9.78 Å². The quantitative estimate of drug-likeness (QED) is 0.407. The van der Waals surface area contributed by atoms with Gasteiger partial charge in [0.2, 0.25) is 0 Å². The molecule has 3 aromatic rings. The van der Waals surface area contributed by atoms with Crippen LogP contribution in [-0.2, 0) is 9.53 Å². The largest absolute Gasteiger partial charge is 0.451 e. The maximum absolute atomic E-state index is 12.7. The summed E-state index contributed by atoms with van der Waals surface area (Å²) in [6, 6.07) is 15.2. The zero-order chi connectivity index (χ0) is 21.7. The number of carbonyl (C=O) groups is 3. The Morgan fingerprint density at radius 2 is 1.57 bits per heavy atom. The number of nitrogens with zero attached hydrogens (tertiary/aromatic N) is 1. The number of hydrogen-bond acceptors (Lipinski definition) is 5. The third kappa shape index (κ3) is 4.97. The van der Waals surface area contributed by atoms with Crippen molar-refractivity contribution in [2.24, 2.45) is 0 Å². The molecule has 0 aliphatic rings. The SMILES string of the molecule is O=C(COC(=O)c1ncc(Cl)c(Cl)c1Cl)Nc1ccccc1C(=O)c1ccccc1. The van der Waals surface area contributed by atoms with Crippen LogP contribution in [0.3, 0.4) is 0 Å². The molecule has 0 aliphatic carbocycles. The van der Waals surface area contributed by atoms with E-state index in [9.17, 15) is 14.4 Å². The summed E-state index contributed by atoms with van der Waals surface area (Å²) in [6.45, 7) is -0.620. The van der Waals surface area contributed by atoms with Gasteiger partial charge in [-0.05, 0) is 12.1 Å². The average Bonchev–Trinajstić information content (AvgIpc) is 2.76. The Morgan fingerprint density at radius 3 is 2.30 bits per heavy atom. The van der Waals surface area contributed by atoms with Gasteiger partial charge >= 0.3 is 5.97 Å². The van der Waals surface area contributed by atoms with E-state index in [-0.39, 0.29) is 32.2 Å². The van der Waals surface area contributed by atoms with E-state index in [1.54, 1.807) is 54.6 Å². The molecule has 0 unspecified atom stereocenters. The Kier molecular flexibility index (Phi) is 7.05. The van der Waals surface area contributed by atoms with Crippen LogP contribution in [0.5, 0.6) is 0 Å². The van der Waals surface area contributed by atoms with Gasteiger partial charge in [0.15, 0.2) is 18.1 Å². The van der Waals surface area contributed by atoms with E-state index in [0.29, 0.717) is 11.1 Å². The molecule has 0 bridgehead atoms. The zero-order valence-electron chi connectivity index (χ0n) is 15.2. The number of benzene rings is 2. The summed E-state index contributed by atoms with van der Waals surface area (Å²) in [7, 11) is 0. The molecular weight excluding hydrogens is 451 g/mol. The molecule has 0 fully saturated rings. The number of amides is 1. The normalized spacial score (nSPS) is 10.4. The predicted octanol–water partition coefficient (Wildman–Crippen LogP) is 5.07. The number of nitrogens with one attached hydrogen (secondary N) is 1. The van der Waals surface area contributed by atoms with E-state index in [1.165, 1.54) is 0 Å². The maximum atomic E-state index is 12.7. The summed E-state index contributed by atoms with van der Waals surface area (Å²) in [6.07, 6.45) is 1.15. The molecule has 0 atom stereocenters. The number of carbonyl (C=O) groups excluding carboxylic acids is 3. The topological polar surface area (TPSA) is 85.4 Å². The van der Waals surface area contributed by atoms with Crippen LogP contribution in [0, 0.1) is 0 Å². The van der Waals surface area contributed by atoms with Crippen LogP contribution < -0.4 is 5.32 Å². The predicted molar refractivity (Wildman–Crippen MR) is 114 cm³/mol. The molecule has 1 aromatic heterocycles. The fourth-order valence-electron chi connectivity index (χ4n) is 2.51. The second-order valence-corrected chi connectivity index (χ2v) is 7.11. The number of halogens is 3. The monoisotopic (exact) mass is 462 g/mol. The number of anilines is 1. The number of aromatic nitrogens is 1. The van der Waals surface area contributed by atoms with Crippen molar-refractivity contribution in [3.63, 3.8) is 0 Å². The second kappa shape index (κ2) is 9.71. The summed E-state index contributed by atoms with van der Waals surface area (Å²) < 4.78 is 4.94. The summed E-state index contributed by atoms with van der Waals surface area (Å²) in [5.41, 5.74) is 0.806. The lowest BCUT2D eigenvalue weighted by atomic mass is 10.0. The Bertz CT molecular complexity index is 1120. The lowest BCUT2D eigenvalue weighted by Gasteiger charge is -2.11. The molecule has 152 valence electrons. The summed E-state index contributed by atoms with van der Waals surface area (Å²) in [4.78, 5) is 40.9. The summed E-state index contributed by atoms with van der Waals surface area (Å²) in [5.74, 6) is -1.84. The van der Waals surface area contributed by atoms with Crippen LogP contribution in [0.25, 0.3) is 0 Å². The molecule has 0 aliphatic heterocycles. The molecule has 0 spiro atoms. The molecule has 9 heteroatoms. The van der Waals surface area contributed by atoms with Crippen molar-refractivity contribution in [2.75, 3.05) is 11.9 Å². The minimum atomic E-state index is -0.942. The first-order valence-corrected chi connectivity index (χ1v) is 9.67. The Morgan fingerprint density at radius 1 is 0.900 bits per heavy atom. The van der Waals surface area contributed by atoms with Crippen LogP contribution in [0.2, 0.25) is 15.1 Å². The first-order valence-electron chi connectivity index (χ1n) is 8.53. The van der Waals surface area contributed by atoms with E-state index in [1.807, 2.05) is 0 Å². The van der Waals surface area contributed by atoms with Crippen molar-refractivity contribution in [3.8, 4) is 0 Å². The number of pyridine rings is 1. The van der Waals surface area contributed by atoms with E-state index < -0.39 is 18.5 Å². The highest BCUT2D eigenvalue weighted by Gasteiger charge is 2.20. The van der Waals surface area contributed by atoms with Crippen LogP contribution in [0.15, 0.2) is 60.8 Å². The lowest BCUT2D eigenvalue weighted by Crippen LogP contribution is -2.22. The van der Waals surface area contributed by atoms with Crippen LogP contribution in [0.4, 0.5) is 5.69 Å².